The molecule has 1 N–H and O–H groups in total. The number of carbonyl (C=O) groups excluding carboxylic acids is 4. The molecular weight excluding hydrogens is 584 g/mol. The first-order chi connectivity index (χ1) is 21.7. The third-order valence-corrected chi connectivity index (χ3v) is 11.1. The summed E-state index contributed by atoms with van der Waals surface area (Å²) in [6, 6.07) is 0. The molecule has 2 fully saturated rings. The molecule has 254 valence electrons. The number of ketones is 1. The van der Waals surface area contributed by atoms with Crippen molar-refractivity contribution < 1.29 is 38.5 Å². The number of hydrogen-bond acceptors (Lipinski definition) is 8. The standard InChI is InChI=1S/C38H54O8/c1-8-9-10-11-12-13-14-15-16-17-18-19-31(41)46-34-24(2)22-37-25(3)20-30-32(36(30,6)7)29(33(37)42)21-28(23-44-26(4)39)35(38(34,37)43)45-27(5)40/h16-19,21-22,25,29-30,32,34-35,43H,8-15,20,23H2,1-7H3. The number of ether oxygens (including phenoxy) is 3. The number of aliphatic hydroxyl groups is 1. The lowest BCUT2D eigenvalue weighted by molar-refractivity contribution is -0.210. The summed E-state index contributed by atoms with van der Waals surface area (Å²) in [6.07, 6.45) is 17.8. The molecule has 4 aliphatic rings. The summed E-state index contributed by atoms with van der Waals surface area (Å²) in [6.45, 7) is 12.4. The minimum Gasteiger partial charge on any atom is -0.461 e. The van der Waals surface area contributed by atoms with Crippen LogP contribution in [0.5, 0.6) is 0 Å². The van der Waals surface area contributed by atoms with E-state index in [1.807, 2.05) is 19.1 Å². The second-order valence-corrected chi connectivity index (χ2v) is 14.6. The van der Waals surface area contributed by atoms with Crippen LogP contribution < -0.4 is 0 Å². The lowest BCUT2D eigenvalue weighted by atomic mass is 9.59. The van der Waals surface area contributed by atoms with Crippen molar-refractivity contribution in [1.29, 1.82) is 0 Å². The van der Waals surface area contributed by atoms with Gasteiger partial charge in [0.15, 0.2) is 23.6 Å². The third-order valence-electron chi connectivity index (χ3n) is 11.1. The van der Waals surface area contributed by atoms with Crippen LogP contribution in [-0.2, 0) is 33.4 Å². The van der Waals surface area contributed by atoms with Gasteiger partial charge in [0, 0.05) is 31.4 Å². The summed E-state index contributed by atoms with van der Waals surface area (Å²) in [5, 5.41) is 13.0. The number of allylic oxidation sites excluding steroid dienone is 4. The van der Waals surface area contributed by atoms with Crippen LogP contribution in [0.4, 0.5) is 0 Å². The first-order valence-corrected chi connectivity index (χ1v) is 17.2. The molecule has 4 rings (SSSR count). The average molecular weight is 639 g/mol. The predicted octanol–water partition coefficient (Wildman–Crippen LogP) is 6.76. The lowest BCUT2D eigenvalue weighted by Gasteiger charge is -2.49. The Labute approximate surface area is 274 Å². The first-order valence-electron chi connectivity index (χ1n) is 17.2. The molecule has 2 bridgehead atoms. The molecule has 1 spiro atoms. The smallest absolute Gasteiger partial charge is 0.331 e. The fourth-order valence-corrected chi connectivity index (χ4v) is 8.76. The van der Waals surface area contributed by atoms with Crippen LogP contribution in [0.2, 0.25) is 0 Å². The highest BCUT2D eigenvalue weighted by atomic mass is 16.6. The summed E-state index contributed by atoms with van der Waals surface area (Å²) in [7, 11) is 0. The fraction of sp³-hybridized carbons (Fsp3) is 0.684. The van der Waals surface area contributed by atoms with Crippen LogP contribution in [0.1, 0.15) is 106 Å². The van der Waals surface area contributed by atoms with Crippen molar-refractivity contribution in [3.63, 3.8) is 0 Å². The highest BCUT2D eigenvalue weighted by Crippen LogP contribution is 2.72. The van der Waals surface area contributed by atoms with E-state index in [0.717, 1.165) is 12.8 Å². The van der Waals surface area contributed by atoms with E-state index in [0.29, 0.717) is 17.6 Å². The molecule has 0 amide bonds. The van der Waals surface area contributed by atoms with Gasteiger partial charge in [-0.3, -0.25) is 14.4 Å². The number of unbranched alkanes of at least 4 members (excludes halogenated alkanes) is 7. The van der Waals surface area contributed by atoms with Crippen LogP contribution >= 0.6 is 0 Å². The SMILES string of the molecule is CCCCCCCCCC=CC=CC(=O)OC1C(C)=CC23C(=O)C(C=C(COC(C)=O)C(OC(C)=O)C12O)C1C(CC3C)C1(C)C. The number of fused-ring (bicyclic) bond motifs is 3. The maximum atomic E-state index is 14.8. The monoisotopic (exact) mass is 638 g/mol. The molecular formula is C38H54O8. The third kappa shape index (κ3) is 6.69. The van der Waals surface area contributed by atoms with Gasteiger partial charge in [-0.25, -0.2) is 4.79 Å². The summed E-state index contributed by atoms with van der Waals surface area (Å²) >= 11 is 0. The molecule has 0 aliphatic heterocycles. The van der Waals surface area contributed by atoms with E-state index in [9.17, 15) is 24.3 Å². The number of rotatable bonds is 14. The Morgan fingerprint density at radius 1 is 0.978 bits per heavy atom. The second-order valence-electron chi connectivity index (χ2n) is 14.6. The minimum absolute atomic E-state index is 0.0144. The Morgan fingerprint density at radius 2 is 1.65 bits per heavy atom. The largest absolute Gasteiger partial charge is 0.461 e. The molecule has 0 radical (unpaired) electrons. The average Bonchev–Trinajstić information content (AvgIpc) is 3.48. The number of esters is 3. The Morgan fingerprint density at radius 3 is 2.30 bits per heavy atom. The van der Waals surface area contributed by atoms with Gasteiger partial charge in [0.2, 0.25) is 0 Å². The molecule has 0 heterocycles. The van der Waals surface area contributed by atoms with Crippen molar-refractivity contribution in [3.05, 3.63) is 47.6 Å². The first kappa shape index (κ1) is 35.8. The zero-order valence-electron chi connectivity index (χ0n) is 28.8. The zero-order valence-corrected chi connectivity index (χ0v) is 28.8. The van der Waals surface area contributed by atoms with E-state index in [1.54, 1.807) is 25.2 Å². The number of Topliss-reactive ketones (excluding diaryl/α,β-unsaturated/α-hetero) is 1. The molecule has 8 nitrogen and oxygen atoms in total. The number of hydrogen-bond donors (Lipinski definition) is 1. The maximum Gasteiger partial charge on any atom is 0.331 e. The molecule has 2 saturated carbocycles. The van der Waals surface area contributed by atoms with Crippen LogP contribution in [0.25, 0.3) is 0 Å². The number of carbonyl (C=O) groups is 4. The molecule has 0 aromatic heterocycles. The Kier molecular flexibility index (Phi) is 11.2. The fourth-order valence-electron chi connectivity index (χ4n) is 8.76. The summed E-state index contributed by atoms with van der Waals surface area (Å²) in [5.74, 6) is -2.79. The van der Waals surface area contributed by atoms with Gasteiger partial charge in [0.25, 0.3) is 0 Å². The van der Waals surface area contributed by atoms with Crippen molar-refractivity contribution >= 4 is 23.7 Å². The molecule has 0 aromatic rings. The van der Waals surface area contributed by atoms with Gasteiger partial charge in [-0.2, -0.15) is 0 Å². The van der Waals surface area contributed by atoms with Crippen LogP contribution in [-0.4, -0.2) is 53.2 Å². The van der Waals surface area contributed by atoms with E-state index in [2.05, 4.69) is 20.8 Å². The van der Waals surface area contributed by atoms with E-state index in [-0.39, 0.29) is 35.6 Å². The molecule has 0 saturated heterocycles. The van der Waals surface area contributed by atoms with Crippen LogP contribution in [0, 0.1) is 34.5 Å². The van der Waals surface area contributed by atoms with Gasteiger partial charge in [-0.05, 0) is 54.9 Å². The summed E-state index contributed by atoms with van der Waals surface area (Å²) in [5.41, 5.74) is -2.92. The van der Waals surface area contributed by atoms with Crippen molar-refractivity contribution in [3.8, 4) is 0 Å². The molecule has 8 heteroatoms. The highest BCUT2D eigenvalue weighted by molar-refractivity contribution is 5.96. The van der Waals surface area contributed by atoms with Crippen molar-refractivity contribution in [2.24, 2.45) is 34.5 Å². The molecule has 46 heavy (non-hydrogen) atoms. The minimum atomic E-state index is -2.16. The van der Waals surface area contributed by atoms with Crippen molar-refractivity contribution in [1.82, 2.24) is 0 Å². The summed E-state index contributed by atoms with van der Waals surface area (Å²) < 4.78 is 17.2. The quantitative estimate of drug-likeness (QED) is 0.0554. The highest BCUT2D eigenvalue weighted by Gasteiger charge is 2.77. The van der Waals surface area contributed by atoms with Crippen molar-refractivity contribution in [2.75, 3.05) is 6.61 Å². The van der Waals surface area contributed by atoms with Crippen LogP contribution in [0.3, 0.4) is 0 Å². The van der Waals surface area contributed by atoms with Gasteiger partial charge in [-0.15, -0.1) is 0 Å². The molecule has 0 aromatic carbocycles. The topological polar surface area (TPSA) is 116 Å². The summed E-state index contributed by atoms with van der Waals surface area (Å²) in [4.78, 5) is 52.5. The van der Waals surface area contributed by atoms with E-state index in [4.69, 9.17) is 14.2 Å². The second kappa shape index (κ2) is 14.4. The zero-order chi connectivity index (χ0) is 33.9. The van der Waals surface area contributed by atoms with Gasteiger partial charge < -0.3 is 19.3 Å². The van der Waals surface area contributed by atoms with Gasteiger partial charge in [-0.1, -0.05) is 96.6 Å². The molecule has 4 aliphatic carbocycles. The normalized spacial score (nSPS) is 34.2. The van der Waals surface area contributed by atoms with E-state index >= 15 is 0 Å². The van der Waals surface area contributed by atoms with Gasteiger partial charge in [0.1, 0.15) is 6.61 Å². The maximum absolute atomic E-state index is 14.8. The predicted molar refractivity (Wildman–Crippen MR) is 175 cm³/mol. The van der Waals surface area contributed by atoms with E-state index < -0.39 is 47.0 Å². The molecule has 8 atom stereocenters. The van der Waals surface area contributed by atoms with Crippen LogP contribution in [0.15, 0.2) is 47.6 Å². The van der Waals surface area contributed by atoms with E-state index in [1.165, 1.54) is 58.4 Å². The van der Waals surface area contributed by atoms with Crippen molar-refractivity contribution in [2.45, 2.75) is 124 Å². The Bertz CT molecular complexity index is 1300. The Balaban J connectivity index is 1.61. The van der Waals surface area contributed by atoms with Gasteiger partial charge >= 0.3 is 17.9 Å². The lowest BCUT2D eigenvalue weighted by Crippen LogP contribution is -2.66. The Hall–Kier alpha value is -3.00. The molecule has 8 unspecified atom stereocenters. The van der Waals surface area contributed by atoms with Gasteiger partial charge in [0.05, 0.1) is 5.41 Å².